The highest BCUT2D eigenvalue weighted by Crippen LogP contribution is 2.14. The third-order valence-corrected chi connectivity index (χ3v) is 3.71. The molecule has 0 saturated carbocycles. The molecular weight excluding hydrogens is 278 g/mol. The lowest BCUT2D eigenvalue weighted by Gasteiger charge is -2.09. The summed E-state index contributed by atoms with van der Waals surface area (Å²) in [5.41, 5.74) is 6.43. The normalized spacial score (nSPS) is 12.1. The zero-order valence-corrected chi connectivity index (χ0v) is 13.6. The van der Waals surface area contributed by atoms with Gasteiger partial charge in [0.15, 0.2) is 0 Å². The van der Waals surface area contributed by atoms with Gasteiger partial charge in [-0.05, 0) is 30.5 Å². The van der Waals surface area contributed by atoms with Gasteiger partial charge < -0.3 is 15.6 Å². The first-order valence-corrected chi connectivity index (χ1v) is 8.33. The van der Waals surface area contributed by atoms with E-state index in [4.69, 9.17) is 15.6 Å². The van der Waals surface area contributed by atoms with Crippen LogP contribution in [0.25, 0.3) is 0 Å². The Bertz CT molecular complexity index is 417. The number of carbonyl (C=O) groups is 1. The molecule has 0 radical (unpaired) electrons. The topological polar surface area (TPSA) is 72.5 Å². The fourth-order valence-electron chi connectivity index (χ4n) is 2.31. The molecule has 0 amide bonds. The zero-order valence-electron chi connectivity index (χ0n) is 13.6. The van der Waals surface area contributed by atoms with Crippen molar-refractivity contribution in [1.29, 1.82) is 0 Å². The maximum absolute atomic E-state index is 10.7. The standard InChI is InChI=1S/C18H29NO3/c1-2-3-4-5-6-7-8-13-22-16-11-9-15(10-12-16)14-17(19)18(20)21/h9-12,17H,2-8,13-14,19H2,1H3,(H,20,21). The molecule has 124 valence electrons. The number of rotatable bonds is 12. The van der Waals surface area contributed by atoms with Crippen molar-refractivity contribution in [3.63, 3.8) is 0 Å². The second-order valence-corrected chi connectivity index (χ2v) is 5.76. The predicted octanol–water partition coefficient (Wildman–Crippen LogP) is 3.77. The number of ether oxygens (including phenoxy) is 1. The lowest BCUT2D eigenvalue weighted by molar-refractivity contribution is -0.138. The molecule has 22 heavy (non-hydrogen) atoms. The summed E-state index contributed by atoms with van der Waals surface area (Å²) in [6.45, 7) is 2.97. The third kappa shape index (κ3) is 8.03. The number of aliphatic carboxylic acids is 1. The van der Waals surface area contributed by atoms with Crippen LogP contribution in [0.1, 0.15) is 57.4 Å². The van der Waals surface area contributed by atoms with Crippen LogP contribution in [0.2, 0.25) is 0 Å². The molecule has 4 heteroatoms. The van der Waals surface area contributed by atoms with Gasteiger partial charge in [-0.25, -0.2) is 0 Å². The van der Waals surface area contributed by atoms with Crippen molar-refractivity contribution < 1.29 is 14.6 Å². The summed E-state index contributed by atoms with van der Waals surface area (Å²) < 4.78 is 5.69. The van der Waals surface area contributed by atoms with Gasteiger partial charge in [0.2, 0.25) is 0 Å². The van der Waals surface area contributed by atoms with Crippen molar-refractivity contribution in [2.45, 2.75) is 64.3 Å². The first-order chi connectivity index (χ1) is 10.6. The molecule has 1 aromatic rings. The highest BCUT2D eigenvalue weighted by molar-refractivity contribution is 5.73. The van der Waals surface area contributed by atoms with Gasteiger partial charge >= 0.3 is 5.97 Å². The Morgan fingerprint density at radius 2 is 1.68 bits per heavy atom. The van der Waals surface area contributed by atoms with Gasteiger partial charge in [0.05, 0.1) is 6.61 Å². The predicted molar refractivity (Wildman–Crippen MR) is 89.2 cm³/mol. The van der Waals surface area contributed by atoms with E-state index in [-0.39, 0.29) is 0 Å². The van der Waals surface area contributed by atoms with Crippen LogP contribution in [0.15, 0.2) is 24.3 Å². The Morgan fingerprint density at radius 1 is 1.09 bits per heavy atom. The SMILES string of the molecule is CCCCCCCCCOc1ccc(CC(N)C(=O)O)cc1. The van der Waals surface area contributed by atoms with Crippen molar-refractivity contribution in [1.82, 2.24) is 0 Å². The Balaban J connectivity index is 2.15. The number of hydrogen-bond acceptors (Lipinski definition) is 3. The summed E-state index contributed by atoms with van der Waals surface area (Å²) in [5, 5.41) is 8.78. The Kier molecular flexibility index (Phi) is 9.31. The van der Waals surface area contributed by atoms with Crippen molar-refractivity contribution in [3.05, 3.63) is 29.8 Å². The van der Waals surface area contributed by atoms with Crippen LogP contribution >= 0.6 is 0 Å². The molecule has 0 saturated heterocycles. The minimum absolute atomic E-state index is 0.341. The quantitative estimate of drug-likeness (QED) is 0.577. The van der Waals surface area contributed by atoms with Crippen LogP contribution < -0.4 is 10.5 Å². The van der Waals surface area contributed by atoms with Crippen molar-refractivity contribution in [2.24, 2.45) is 5.73 Å². The van der Waals surface area contributed by atoms with E-state index >= 15 is 0 Å². The third-order valence-electron chi connectivity index (χ3n) is 3.71. The van der Waals surface area contributed by atoms with Gasteiger partial charge in [-0.3, -0.25) is 4.79 Å². The molecule has 3 N–H and O–H groups in total. The second kappa shape index (κ2) is 11.1. The minimum atomic E-state index is -0.973. The molecule has 0 bridgehead atoms. The zero-order chi connectivity index (χ0) is 16.2. The molecule has 1 atom stereocenters. The van der Waals surface area contributed by atoms with Gasteiger partial charge in [-0.1, -0.05) is 57.6 Å². The summed E-state index contributed by atoms with van der Waals surface area (Å²) in [7, 11) is 0. The molecule has 0 aliphatic rings. The summed E-state index contributed by atoms with van der Waals surface area (Å²) in [4.78, 5) is 10.7. The van der Waals surface area contributed by atoms with Crippen LogP contribution in [-0.2, 0) is 11.2 Å². The number of nitrogens with two attached hydrogens (primary N) is 1. The van der Waals surface area contributed by atoms with Gasteiger partial charge in [-0.15, -0.1) is 0 Å². The maximum atomic E-state index is 10.7. The minimum Gasteiger partial charge on any atom is -0.494 e. The van der Waals surface area contributed by atoms with Crippen LogP contribution in [0.4, 0.5) is 0 Å². The van der Waals surface area contributed by atoms with Crippen LogP contribution in [0, 0.1) is 0 Å². The molecule has 0 fully saturated rings. The van der Waals surface area contributed by atoms with E-state index in [1.165, 1.54) is 38.5 Å². The molecule has 1 rings (SSSR count). The maximum Gasteiger partial charge on any atom is 0.320 e. The van der Waals surface area contributed by atoms with E-state index in [1.54, 1.807) is 0 Å². The Morgan fingerprint density at radius 3 is 2.27 bits per heavy atom. The highest BCUT2D eigenvalue weighted by Gasteiger charge is 2.11. The highest BCUT2D eigenvalue weighted by atomic mass is 16.5. The van der Waals surface area contributed by atoms with Gasteiger partial charge in [0.1, 0.15) is 11.8 Å². The number of unbranched alkanes of at least 4 members (excludes halogenated alkanes) is 6. The lowest BCUT2D eigenvalue weighted by atomic mass is 10.1. The second-order valence-electron chi connectivity index (χ2n) is 5.76. The largest absolute Gasteiger partial charge is 0.494 e. The summed E-state index contributed by atoms with van der Waals surface area (Å²) in [6.07, 6.45) is 9.23. The number of carboxylic acid groups (broad SMARTS) is 1. The smallest absolute Gasteiger partial charge is 0.320 e. The molecule has 1 aromatic carbocycles. The molecule has 0 aliphatic carbocycles. The fourth-order valence-corrected chi connectivity index (χ4v) is 2.31. The average molecular weight is 307 g/mol. The van der Waals surface area contributed by atoms with Crippen molar-refractivity contribution >= 4 is 5.97 Å². The summed E-state index contributed by atoms with van der Waals surface area (Å²) in [5.74, 6) is -0.141. The Labute approximate surface area is 133 Å². The van der Waals surface area contributed by atoms with E-state index in [1.807, 2.05) is 24.3 Å². The molecule has 0 aromatic heterocycles. The fraction of sp³-hybridized carbons (Fsp3) is 0.611. The van der Waals surface area contributed by atoms with Gasteiger partial charge in [-0.2, -0.15) is 0 Å². The van der Waals surface area contributed by atoms with E-state index in [0.717, 1.165) is 24.3 Å². The molecular formula is C18H29NO3. The van der Waals surface area contributed by atoms with Crippen molar-refractivity contribution in [2.75, 3.05) is 6.61 Å². The molecule has 4 nitrogen and oxygen atoms in total. The van der Waals surface area contributed by atoms with E-state index in [0.29, 0.717) is 6.42 Å². The van der Waals surface area contributed by atoms with E-state index < -0.39 is 12.0 Å². The van der Waals surface area contributed by atoms with Gasteiger partial charge in [0, 0.05) is 0 Å². The van der Waals surface area contributed by atoms with Crippen LogP contribution in [0.3, 0.4) is 0 Å². The van der Waals surface area contributed by atoms with E-state index in [9.17, 15) is 4.79 Å². The molecule has 1 unspecified atom stereocenters. The monoisotopic (exact) mass is 307 g/mol. The number of hydrogen-bond donors (Lipinski definition) is 2. The van der Waals surface area contributed by atoms with Crippen LogP contribution in [-0.4, -0.2) is 23.7 Å². The lowest BCUT2D eigenvalue weighted by Crippen LogP contribution is -2.32. The molecule has 0 heterocycles. The Hall–Kier alpha value is -1.55. The van der Waals surface area contributed by atoms with Crippen LogP contribution in [0.5, 0.6) is 5.75 Å². The summed E-state index contributed by atoms with van der Waals surface area (Å²) >= 11 is 0. The van der Waals surface area contributed by atoms with Crippen molar-refractivity contribution in [3.8, 4) is 5.75 Å². The first kappa shape index (κ1) is 18.5. The molecule has 0 aliphatic heterocycles. The summed E-state index contributed by atoms with van der Waals surface area (Å²) in [6, 6.07) is 6.67. The first-order valence-electron chi connectivity index (χ1n) is 8.33. The van der Waals surface area contributed by atoms with E-state index in [2.05, 4.69) is 6.92 Å². The molecule has 0 spiro atoms. The number of carboxylic acids is 1. The average Bonchev–Trinajstić information content (AvgIpc) is 2.51. The number of benzene rings is 1. The van der Waals surface area contributed by atoms with Gasteiger partial charge in [0.25, 0.3) is 0 Å².